The number of nitrogens with zero attached hydrogens (tertiary/aromatic N) is 1. The fourth-order valence-corrected chi connectivity index (χ4v) is 8.19. The zero-order valence-corrected chi connectivity index (χ0v) is 11.2. The molecule has 0 spiro atoms. The third kappa shape index (κ3) is 1.82. The van der Waals surface area contributed by atoms with Crippen LogP contribution in [-0.4, -0.2) is 4.86 Å². The minimum absolute atomic E-state index is 0.0227. The Bertz CT molecular complexity index is 621. The van der Waals surface area contributed by atoms with Crippen LogP contribution in [0.15, 0.2) is 47.0 Å². The van der Waals surface area contributed by atoms with Gasteiger partial charge in [0.25, 0.3) is 0 Å². The Morgan fingerprint density at radius 3 is 2.65 bits per heavy atom. The zero-order chi connectivity index (χ0) is 11.8. The monoisotopic (exact) mass is 276 g/mol. The van der Waals surface area contributed by atoms with E-state index in [1.807, 2.05) is 18.2 Å². The van der Waals surface area contributed by atoms with E-state index in [9.17, 15) is 0 Å². The third-order valence-electron chi connectivity index (χ3n) is 2.44. The molecule has 1 atom stereocenters. The first-order valence-electron chi connectivity index (χ1n) is 4.95. The van der Waals surface area contributed by atoms with E-state index in [0.717, 1.165) is 4.86 Å². The fraction of sp³-hybridized carbons (Fsp3) is 0. The average molecular weight is 276 g/mol. The molecule has 1 unspecified atom stereocenters. The largest absolute Gasteiger partial charge is 0.392 e. The Morgan fingerprint density at radius 2 is 1.94 bits per heavy atom. The van der Waals surface area contributed by atoms with Crippen LogP contribution >= 0.6 is 30.1 Å². The summed E-state index contributed by atoms with van der Waals surface area (Å²) < 4.78 is 0. The van der Waals surface area contributed by atoms with Gasteiger partial charge >= 0.3 is 0 Å². The van der Waals surface area contributed by atoms with E-state index in [0.29, 0.717) is 10.6 Å². The lowest BCUT2D eigenvalue weighted by Crippen LogP contribution is -1.99. The standard InChI is InChI=1S/C12H8N2S3/c13-7-9-11-6-10(8-4-2-1-3-5-8)15-17(11)16-12(9)14/h1-6H,14H2. The van der Waals surface area contributed by atoms with E-state index < -0.39 is 0 Å². The molecule has 5 heteroatoms. The Morgan fingerprint density at radius 1 is 1.18 bits per heavy atom. The lowest BCUT2D eigenvalue weighted by Gasteiger charge is -2.03. The summed E-state index contributed by atoms with van der Waals surface area (Å²) in [7, 11) is 3.38. The number of rotatable bonds is 1. The average Bonchev–Trinajstić information content (AvgIpc) is 2.86. The predicted molar refractivity (Wildman–Crippen MR) is 79.0 cm³/mol. The van der Waals surface area contributed by atoms with E-state index in [-0.39, 0.29) is 8.55 Å². The second kappa shape index (κ2) is 4.30. The molecule has 2 heterocycles. The molecule has 1 aromatic carbocycles. The third-order valence-corrected chi connectivity index (χ3v) is 8.62. The van der Waals surface area contributed by atoms with Crippen molar-refractivity contribution in [3.05, 3.63) is 52.6 Å². The van der Waals surface area contributed by atoms with E-state index >= 15 is 0 Å². The highest BCUT2D eigenvalue weighted by molar-refractivity contribution is 9.18. The van der Waals surface area contributed by atoms with Crippen molar-refractivity contribution in [2.45, 2.75) is 0 Å². The fourth-order valence-electron chi connectivity index (χ4n) is 1.62. The van der Waals surface area contributed by atoms with Crippen LogP contribution in [-0.2, 0) is 0 Å². The summed E-state index contributed by atoms with van der Waals surface area (Å²) in [5.74, 6) is 0. The Balaban J connectivity index is 1.98. The first kappa shape index (κ1) is 11.0. The van der Waals surface area contributed by atoms with Crippen LogP contribution in [0.25, 0.3) is 4.91 Å². The number of allylic oxidation sites excluding steroid dienone is 2. The van der Waals surface area contributed by atoms with Gasteiger partial charge in [-0.15, -0.1) is 0 Å². The van der Waals surface area contributed by atoms with Gasteiger partial charge in [0.1, 0.15) is 6.07 Å². The molecule has 0 aliphatic carbocycles. The van der Waals surface area contributed by atoms with Crippen LogP contribution in [0.1, 0.15) is 5.56 Å². The summed E-state index contributed by atoms with van der Waals surface area (Å²) in [6.45, 7) is 0. The van der Waals surface area contributed by atoms with Gasteiger partial charge in [0.15, 0.2) is 0 Å². The second-order valence-corrected chi connectivity index (χ2v) is 9.25. The van der Waals surface area contributed by atoms with Crippen LogP contribution < -0.4 is 5.73 Å². The minimum Gasteiger partial charge on any atom is -0.392 e. The maximum Gasteiger partial charge on any atom is 0.103 e. The first-order valence-corrected chi connectivity index (χ1v) is 8.84. The van der Waals surface area contributed by atoms with Crippen LogP contribution in [0.3, 0.4) is 0 Å². The van der Waals surface area contributed by atoms with Gasteiger partial charge in [-0.25, -0.2) is 0 Å². The lowest BCUT2D eigenvalue weighted by atomic mass is 10.1. The molecule has 0 saturated carbocycles. The minimum atomic E-state index is -0.0227. The molecule has 2 aliphatic rings. The SMILES string of the molecule is N#CC1=C(N)SS2=C1C=C(c1ccccc1)S2. The van der Waals surface area contributed by atoms with Crippen molar-refractivity contribution in [2.24, 2.45) is 5.73 Å². The molecular weight excluding hydrogens is 268 g/mol. The quantitative estimate of drug-likeness (QED) is 0.630. The van der Waals surface area contributed by atoms with Crippen molar-refractivity contribution in [1.82, 2.24) is 0 Å². The molecule has 0 amide bonds. The summed E-state index contributed by atoms with van der Waals surface area (Å²) >= 11 is 0. The normalized spacial score (nSPS) is 22.4. The van der Waals surface area contributed by atoms with Gasteiger partial charge in [0.05, 0.1) is 10.6 Å². The first-order chi connectivity index (χ1) is 8.29. The number of hydrogen-bond donors (Lipinski definition) is 1. The highest BCUT2D eigenvalue weighted by atomic mass is 33.5. The summed E-state index contributed by atoms with van der Waals surface area (Å²) in [5.41, 5.74) is 7.70. The van der Waals surface area contributed by atoms with Crippen LogP contribution in [0.2, 0.25) is 0 Å². The van der Waals surface area contributed by atoms with Crippen molar-refractivity contribution in [3.8, 4) is 6.07 Å². The highest BCUT2D eigenvalue weighted by Crippen LogP contribution is 2.61. The summed E-state index contributed by atoms with van der Waals surface area (Å²) in [6, 6.07) is 12.5. The van der Waals surface area contributed by atoms with Crippen molar-refractivity contribution in [2.75, 3.05) is 0 Å². The Labute approximate surface area is 109 Å². The van der Waals surface area contributed by atoms with E-state index in [1.54, 1.807) is 21.6 Å². The van der Waals surface area contributed by atoms with Gasteiger partial charge in [0, 0.05) is 9.77 Å². The summed E-state index contributed by atoms with van der Waals surface area (Å²) in [5, 5.41) is 9.75. The molecule has 0 bridgehead atoms. The summed E-state index contributed by atoms with van der Waals surface area (Å²) in [4.78, 5) is 2.33. The molecule has 0 saturated heterocycles. The van der Waals surface area contributed by atoms with Crippen LogP contribution in [0.4, 0.5) is 0 Å². The maximum atomic E-state index is 9.08. The lowest BCUT2D eigenvalue weighted by molar-refractivity contribution is 1.47. The number of benzene rings is 1. The van der Waals surface area contributed by atoms with Gasteiger partial charge in [-0.1, -0.05) is 41.1 Å². The molecule has 2 nitrogen and oxygen atoms in total. The smallest absolute Gasteiger partial charge is 0.103 e. The van der Waals surface area contributed by atoms with Crippen LogP contribution in [0.5, 0.6) is 0 Å². The highest BCUT2D eigenvalue weighted by Gasteiger charge is 2.28. The Kier molecular flexibility index (Phi) is 2.79. The topological polar surface area (TPSA) is 49.8 Å². The van der Waals surface area contributed by atoms with Crippen molar-refractivity contribution >= 4 is 39.9 Å². The maximum absolute atomic E-state index is 9.08. The van der Waals surface area contributed by atoms with Crippen LogP contribution in [0, 0.1) is 11.3 Å². The van der Waals surface area contributed by atoms with Crippen molar-refractivity contribution in [3.63, 3.8) is 0 Å². The molecule has 84 valence electrons. The molecule has 17 heavy (non-hydrogen) atoms. The van der Waals surface area contributed by atoms with Crippen molar-refractivity contribution in [1.29, 1.82) is 5.26 Å². The van der Waals surface area contributed by atoms with Gasteiger partial charge in [-0.3, -0.25) is 0 Å². The molecule has 0 fully saturated rings. The Hall–Kier alpha value is -1.09. The van der Waals surface area contributed by atoms with E-state index in [2.05, 4.69) is 24.3 Å². The number of nitriles is 1. The van der Waals surface area contributed by atoms with Gasteiger partial charge in [-0.2, -0.15) is 5.26 Å². The second-order valence-electron chi connectivity index (χ2n) is 3.49. The summed E-state index contributed by atoms with van der Waals surface area (Å²) in [6.07, 6.45) is 2.11. The van der Waals surface area contributed by atoms with Gasteiger partial charge in [0.2, 0.25) is 0 Å². The number of hydrogen-bond acceptors (Lipinski definition) is 4. The zero-order valence-electron chi connectivity index (χ0n) is 8.71. The molecule has 0 radical (unpaired) electrons. The molecule has 0 aromatic heterocycles. The molecule has 1 aromatic rings. The molecular formula is C12H8N2S3. The van der Waals surface area contributed by atoms with E-state index in [1.165, 1.54) is 10.5 Å². The molecule has 3 rings (SSSR count). The van der Waals surface area contributed by atoms with Gasteiger partial charge < -0.3 is 5.73 Å². The van der Waals surface area contributed by atoms with Crippen molar-refractivity contribution < 1.29 is 0 Å². The molecule has 2 aliphatic heterocycles. The van der Waals surface area contributed by atoms with Gasteiger partial charge in [-0.05, 0) is 31.0 Å². The van der Waals surface area contributed by atoms with E-state index in [4.69, 9.17) is 11.0 Å². The number of nitrogens with two attached hydrogens (primary N) is 1. The molecule has 2 N–H and O–H groups in total. The predicted octanol–water partition coefficient (Wildman–Crippen LogP) is 3.49.